The number of anilines is 1. The summed E-state index contributed by atoms with van der Waals surface area (Å²) >= 11 is 0. The Hall–Kier alpha value is -4.06. The van der Waals surface area contributed by atoms with Crippen molar-refractivity contribution < 1.29 is 18.8 Å². The molecule has 5 rings (SSSR count). The van der Waals surface area contributed by atoms with Gasteiger partial charge in [0, 0.05) is 17.3 Å². The Morgan fingerprint density at radius 3 is 2.54 bits per heavy atom. The minimum absolute atomic E-state index is 0.0543. The standard InChI is InChI=1S/C31H32N2O4/c1-20(23-9-6-5-7-10-23)31(34)33-19-28(36-27-12-8-11-26(18-27)35-4)15-13-24-17-25(14-16-29(24)33)30-21(2)32-37-22(30)3/h5-12,14,16-18,20,28H,13,15,19H2,1-4H3/t20-,28-/m0/s1. The molecule has 0 unspecified atom stereocenters. The predicted octanol–water partition coefficient (Wildman–Crippen LogP) is 6.50. The van der Waals surface area contributed by atoms with E-state index in [0.29, 0.717) is 6.54 Å². The molecule has 2 atom stereocenters. The van der Waals surface area contributed by atoms with Crippen LogP contribution in [-0.4, -0.2) is 30.8 Å². The molecule has 190 valence electrons. The van der Waals surface area contributed by atoms with Crippen molar-refractivity contribution in [1.29, 1.82) is 0 Å². The summed E-state index contributed by atoms with van der Waals surface area (Å²) in [7, 11) is 1.64. The van der Waals surface area contributed by atoms with Gasteiger partial charge >= 0.3 is 0 Å². The Labute approximate surface area is 217 Å². The van der Waals surface area contributed by atoms with Crippen LogP contribution in [0.25, 0.3) is 11.1 Å². The highest BCUT2D eigenvalue weighted by molar-refractivity contribution is 5.99. The summed E-state index contributed by atoms with van der Waals surface area (Å²) in [6, 6.07) is 23.8. The zero-order valence-corrected chi connectivity index (χ0v) is 21.7. The molecule has 0 saturated heterocycles. The molecule has 0 saturated carbocycles. The van der Waals surface area contributed by atoms with E-state index < -0.39 is 0 Å². The van der Waals surface area contributed by atoms with E-state index in [1.54, 1.807) is 7.11 Å². The number of ether oxygens (including phenoxy) is 2. The molecule has 6 nitrogen and oxygen atoms in total. The van der Waals surface area contributed by atoms with Crippen molar-refractivity contribution in [2.75, 3.05) is 18.6 Å². The summed E-state index contributed by atoms with van der Waals surface area (Å²) in [6.07, 6.45) is 1.39. The van der Waals surface area contributed by atoms with Crippen LogP contribution in [0.2, 0.25) is 0 Å². The number of carbonyl (C=O) groups is 1. The average Bonchev–Trinajstić information content (AvgIpc) is 3.16. The van der Waals surface area contributed by atoms with E-state index in [1.165, 1.54) is 0 Å². The van der Waals surface area contributed by atoms with E-state index in [1.807, 2.05) is 80.3 Å². The molecule has 4 aromatic rings. The molecule has 2 heterocycles. The summed E-state index contributed by atoms with van der Waals surface area (Å²) < 4.78 is 17.2. The Kier molecular flexibility index (Phi) is 6.99. The fraction of sp³-hybridized carbons (Fsp3) is 0.290. The molecular weight excluding hydrogens is 464 g/mol. The lowest BCUT2D eigenvalue weighted by Crippen LogP contribution is -2.41. The Bertz CT molecular complexity index is 1380. The van der Waals surface area contributed by atoms with Crippen LogP contribution in [-0.2, 0) is 11.2 Å². The molecule has 37 heavy (non-hydrogen) atoms. The molecule has 1 aliphatic rings. The van der Waals surface area contributed by atoms with Crippen LogP contribution in [0, 0.1) is 13.8 Å². The maximum absolute atomic E-state index is 14.0. The second-order valence-corrected chi connectivity index (χ2v) is 9.58. The smallest absolute Gasteiger partial charge is 0.234 e. The van der Waals surface area contributed by atoms with Crippen molar-refractivity contribution in [2.45, 2.75) is 45.6 Å². The van der Waals surface area contributed by atoms with Crippen LogP contribution < -0.4 is 14.4 Å². The highest BCUT2D eigenvalue weighted by atomic mass is 16.5. The van der Waals surface area contributed by atoms with Crippen LogP contribution in [0.3, 0.4) is 0 Å². The fourth-order valence-corrected chi connectivity index (χ4v) is 5.10. The molecule has 1 amide bonds. The van der Waals surface area contributed by atoms with Crippen molar-refractivity contribution in [3.8, 4) is 22.6 Å². The van der Waals surface area contributed by atoms with Gasteiger partial charge in [0.15, 0.2) is 0 Å². The number of hydrogen-bond donors (Lipinski definition) is 0. The number of hydrogen-bond acceptors (Lipinski definition) is 5. The van der Waals surface area contributed by atoms with E-state index in [9.17, 15) is 4.79 Å². The van der Waals surface area contributed by atoms with Crippen molar-refractivity contribution in [3.63, 3.8) is 0 Å². The van der Waals surface area contributed by atoms with Gasteiger partial charge in [-0.1, -0.05) is 47.6 Å². The van der Waals surface area contributed by atoms with E-state index in [2.05, 4.69) is 23.4 Å². The van der Waals surface area contributed by atoms with Gasteiger partial charge in [-0.3, -0.25) is 4.79 Å². The maximum atomic E-state index is 14.0. The third kappa shape index (κ3) is 5.10. The number of rotatable bonds is 6. The molecule has 6 heteroatoms. The molecule has 0 bridgehead atoms. The largest absolute Gasteiger partial charge is 0.497 e. The summed E-state index contributed by atoms with van der Waals surface area (Å²) in [5, 5.41) is 4.13. The molecule has 3 aromatic carbocycles. The Morgan fingerprint density at radius 1 is 1.03 bits per heavy atom. The number of carbonyl (C=O) groups excluding carboxylic acids is 1. The van der Waals surface area contributed by atoms with Gasteiger partial charge in [0.25, 0.3) is 0 Å². The zero-order valence-electron chi connectivity index (χ0n) is 21.7. The number of methoxy groups -OCH3 is 1. The van der Waals surface area contributed by atoms with Gasteiger partial charge in [-0.25, -0.2) is 0 Å². The summed E-state index contributed by atoms with van der Waals surface area (Å²) in [5.41, 5.74) is 5.95. The summed E-state index contributed by atoms with van der Waals surface area (Å²) in [5.74, 6) is 2.03. The number of fused-ring (bicyclic) bond motifs is 1. The van der Waals surface area contributed by atoms with E-state index in [4.69, 9.17) is 14.0 Å². The van der Waals surface area contributed by atoms with Gasteiger partial charge in [-0.05, 0) is 74.6 Å². The maximum Gasteiger partial charge on any atom is 0.234 e. The SMILES string of the molecule is COc1cccc(O[C@H]2CCc3cc(-c4c(C)noc4C)ccc3N(C(=O)[C@@H](C)c3ccccc3)C2)c1. The lowest BCUT2D eigenvalue weighted by atomic mass is 9.97. The van der Waals surface area contributed by atoms with E-state index in [0.717, 1.165) is 63.7 Å². The monoisotopic (exact) mass is 496 g/mol. The number of aromatic nitrogens is 1. The van der Waals surface area contributed by atoms with Crippen LogP contribution >= 0.6 is 0 Å². The van der Waals surface area contributed by atoms with Gasteiger partial charge < -0.3 is 18.9 Å². The molecule has 1 aromatic heterocycles. The molecular formula is C31H32N2O4. The lowest BCUT2D eigenvalue weighted by molar-refractivity contribution is -0.120. The van der Waals surface area contributed by atoms with Gasteiger partial charge in [-0.2, -0.15) is 0 Å². The van der Waals surface area contributed by atoms with Crippen LogP contribution in [0.15, 0.2) is 77.3 Å². The first-order valence-corrected chi connectivity index (χ1v) is 12.7. The fourth-order valence-electron chi connectivity index (χ4n) is 5.10. The van der Waals surface area contributed by atoms with Crippen molar-refractivity contribution >= 4 is 11.6 Å². The number of nitrogens with zero attached hydrogens (tertiary/aromatic N) is 2. The van der Waals surface area contributed by atoms with Crippen molar-refractivity contribution in [3.05, 3.63) is 95.4 Å². The van der Waals surface area contributed by atoms with Crippen molar-refractivity contribution in [1.82, 2.24) is 5.16 Å². The van der Waals surface area contributed by atoms with E-state index in [-0.39, 0.29) is 17.9 Å². The quantitative estimate of drug-likeness (QED) is 0.305. The Balaban J connectivity index is 1.51. The first kappa shape index (κ1) is 24.6. The molecule has 0 N–H and O–H groups in total. The highest BCUT2D eigenvalue weighted by Gasteiger charge is 2.31. The van der Waals surface area contributed by atoms with Gasteiger partial charge in [-0.15, -0.1) is 0 Å². The number of amides is 1. The van der Waals surface area contributed by atoms with Crippen LogP contribution in [0.5, 0.6) is 11.5 Å². The van der Waals surface area contributed by atoms with Crippen LogP contribution in [0.1, 0.15) is 41.8 Å². The minimum Gasteiger partial charge on any atom is -0.497 e. The first-order valence-electron chi connectivity index (χ1n) is 12.7. The number of aryl methyl sites for hydroxylation is 3. The molecule has 1 aliphatic heterocycles. The average molecular weight is 497 g/mol. The minimum atomic E-state index is -0.285. The third-order valence-corrected chi connectivity index (χ3v) is 7.09. The molecule has 0 fully saturated rings. The third-order valence-electron chi connectivity index (χ3n) is 7.09. The van der Waals surface area contributed by atoms with Crippen LogP contribution in [0.4, 0.5) is 5.69 Å². The summed E-state index contributed by atoms with van der Waals surface area (Å²) in [6.45, 7) is 6.31. The second kappa shape index (κ2) is 10.5. The second-order valence-electron chi connectivity index (χ2n) is 9.58. The molecule has 0 radical (unpaired) electrons. The topological polar surface area (TPSA) is 64.8 Å². The first-order chi connectivity index (χ1) is 17.9. The van der Waals surface area contributed by atoms with Gasteiger partial charge in [0.1, 0.15) is 23.4 Å². The summed E-state index contributed by atoms with van der Waals surface area (Å²) in [4.78, 5) is 15.9. The molecule has 0 aliphatic carbocycles. The lowest BCUT2D eigenvalue weighted by Gasteiger charge is -2.29. The van der Waals surface area contributed by atoms with E-state index >= 15 is 0 Å². The Morgan fingerprint density at radius 2 is 1.81 bits per heavy atom. The zero-order chi connectivity index (χ0) is 25.9. The van der Waals surface area contributed by atoms with Gasteiger partial charge in [0.05, 0.1) is 25.3 Å². The molecule has 0 spiro atoms. The predicted molar refractivity (Wildman–Crippen MR) is 144 cm³/mol. The number of benzene rings is 3. The normalized spacial score (nSPS) is 16.0. The highest BCUT2D eigenvalue weighted by Crippen LogP contribution is 2.36. The van der Waals surface area contributed by atoms with Gasteiger partial charge in [0.2, 0.25) is 5.91 Å². The van der Waals surface area contributed by atoms with Crippen molar-refractivity contribution in [2.24, 2.45) is 0 Å².